The van der Waals surface area contributed by atoms with E-state index >= 15 is 0 Å². The van der Waals surface area contributed by atoms with E-state index in [1.165, 1.54) is 18.2 Å². The molecule has 2 aromatic carbocycles. The summed E-state index contributed by atoms with van der Waals surface area (Å²) >= 11 is 0. The number of hydrogen-bond donors (Lipinski definition) is 1. The number of carbonyl (C=O) groups is 1. The SMILES string of the molecule is Cc1ccc(-n2ncc3c(C4CC4)nn(CC(=O)Nc4ccccc4C(F)(F)F)c(=O)c32)c(C)c1. The molecule has 0 spiro atoms. The Morgan fingerprint density at radius 1 is 1.14 bits per heavy atom. The van der Waals surface area contributed by atoms with Crippen molar-refractivity contribution >= 4 is 22.5 Å². The Morgan fingerprint density at radius 2 is 1.89 bits per heavy atom. The molecule has 0 saturated heterocycles. The van der Waals surface area contributed by atoms with E-state index in [1.54, 1.807) is 10.9 Å². The highest BCUT2D eigenvalue weighted by Gasteiger charge is 2.34. The third-order valence-electron chi connectivity index (χ3n) is 6.06. The van der Waals surface area contributed by atoms with E-state index in [2.05, 4.69) is 15.5 Å². The number of anilines is 1. The summed E-state index contributed by atoms with van der Waals surface area (Å²) in [5.41, 5.74) is 1.80. The highest BCUT2D eigenvalue weighted by atomic mass is 19.4. The fourth-order valence-corrected chi connectivity index (χ4v) is 4.25. The predicted molar refractivity (Wildman–Crippen MR) is 125 cm³/mol. The zero-order valence-corrected chi connectivity index (χ0v) is 19.1. The van der Waals surface area contributed by atoms with Gasteiger partial charge in [0.15, 0.2) is 0 Å². The van der Waals surface area contributed by atoms with Crippen molar-refractivity contribution in [2.75, 3.05) is 5.32 Å². The maximum Gasteiger partial charge on any atom is 0.418 e. The van der Waals surface area contributed by atoms with Gasteiger partial charge in [0.2, 0.25) is 5.91 Å². The molecule has 0 radical (unpaired) electrons. The molecule has 5 rings (SSSR count). The Bertz CT molecular complexity index is 1520. The van der Waals surface area contributed by atoms with Gasteiger partial charge < -0.3 is 5.32 Å². The molecule has 180 valence electrons. The monoisotopic (exact) mass is 481 g/mol. The zero-order valence-electron chi connectivity index (χ0n) is 19.1. The summed E-state index contributed by atoms with van der Waals surface area (Å²) in [7, 11) is 0. The number of aromatic nitrogens is 4. The van der Waals surface area contributed by atoms with Crippen LogP contribution in [0.25, 0.3) is 16.6 Å². The number of para-hydroxylation sites is 1. The van der Waals surface area contributed by atoms with Gasteiger partial charge in [-0.2, -0.15) is 23.4 Å². The van der Waals surface area contributed by atoms with Gasteiger partial charge in [0, 0.05) is 11.3 Å². The Balaban J connectivity index is 1.56. The molecule has 10 heteroatoms. The van der Waals surface area contributed by atoms with Crippen LogP contribution in [0.1, 0.15) is 41.1 Å². The minimum atomic E-state index is -4.63. The first-order valence-corrected chi connectivity index (χ1v) is 11.2. The first kappa shape index (κ1) is 22.8. The Morgan fingerprint density at radius 3 is 2.57 bits per heavy atom. The molecular formula is C25H22F3N5O2. The number of alkyl halides is 3. The Hall–Kier alpha value is -3.95. The molecule has 2 aromatic heterocycles. The number of carbonyl (C=O) groups excluding carboxylic acids is 1. The second kappa shape index (κ2) is 8.37. The lowest BCUT2D eigenvalue weighted by Gasteiger charge is -2.14. The largest absolute Gasteiger partial charge is 0.418 e. The van der Waals surface area contributed by atoms with Crippen molar-refractivity contribution in [1.29, 1.82) is 0 Å². The van der Waals surface area contributed by atoms with Crippen LogP contribution in [0.2, 0.25) is 0 Å². The van der Waals surface area contributed by atoms with Gasteiger partial charge >= 0.3 is 6.18 Å². The molecule has 1 aliphatic carbocycles. The number of amides is 1. The Labute approximate surface area is 198 Å². The van der Waals surface area contributed by atoms with Crippen LogP contribution in [0, 0.1) is 13.8 Å². The van der Waals surface area contributed by atoms with Gasteiger partial charge in [-0.05, 0) is 50.5 Å². The number of hydrogen-bond acceptors (Lipinski definition) is 4. The van der Waals surface area contributed by atoms with Crippen LogP contribution in [0.4, 0.5) is 18.9 Å². The van der Waals surface area contributed by atoms with Crippen molar-refractivity contribution < 1.29 is 18.0 Å². The van der Waals surface area contributed by atoms with Crippen molar-refractivity contribution in [3.05, 3.63) is 81.4 Å². The molecule has 1 saturated carbocycles. The number of nitrogens with one attached hydrogen (secondary N) is 1. The minimum Gasteiger partial charge on any atom is -0.324 e. The van der Waals surface area contributed by atoms with Crippen LogP contribution in [-0.4, -0.2) is 25.5 Å². The smallest absolute Gasteiger partial charge is 0.324 e. The molecular weight excluding hydrogens is 459 g/mol. The first-order chi connectivity index (χ1) is 16.6. The van der Waals surface area contributed by atoms with Crippen molar-refractivity contribution in [1.82, 2.24) is 19.6 Å². The van der Waals surface area contributed by atoms with E-state index < -0.39 is 29.8 Å². The molecule has 1 amide bonds. The van der Waals surface area contributed by atoms with Crippen molar-refractivity contribution in [2.45, 2.75) is 45.3 Å². The Kier molecular flexibility index (Phi) is 5.46. The maximum atomic E-state index is 13.5. The molecule has 2 heterocycles. The molecule has 1 fully saturated rings. The predicted octanol–water partition coefficient (Wildman–Crippen LogP) is 4.73. The van der Waals surface area contributed by atoms with Crippen LogP contribution in [0.5, 0.6) is 0 Å². The second-order valence-corrected chi connectivity index (χ2v) is 8.82. The summed E-state index contributed by atoms with van der Waals surface area (Å²) in [5, 5.41) is 11.8. The average Bonchev–Trinajstić information content (AvgIpc) is 3.54. The average molecular weight is 481 g/mol. The molecule has 0 atom stereocenters. The molecule has 0 aliphatic heterocycles. The van der Waals surface area contributed by atoms with E-state index in [1.807, 2.05) is 32.0 Å². The fourth-order valence-electron chi connectivity index (χ4n) is 4.25. The van der Waals surface area contributed by atoms with E-state index in [-0.39, 0.29) is 17.1 Å². The number of halogens is 3. The number of fused-ring (bicyclic) bond motifs is 1. The molecule has 1 aliphatic rings. The van der Waals surface area contributed by atoms with Crippen LogP contribution in [0.15, 0.2) is 53.5 Å². The van der Waals surface area contributed by atoms with E-state index in [9.17, 15) is 22.8 Å². The highest BCUT2D eigenvalue weighted by molar-refractivity contribution is 5.91. The quantitative estimate of drug-likeness (QED) is 0.447. The summed E-state index contributed by atoms with van der Waals surface area (Å²) in [6, 6.07) is 10.5. The maximum absolute atomic E-state index is 13.5. The second-order valence-electron chi connectivity index (χ2n) is 8.82. The molecule has 4 aromatic rings. The number of nitrogens with zero attached hydrogens (tertiary/aromatic N) is 4. The standard InChI is InChI=1S/C25H22F3N5O2/c1-14-7-10-20(15(2)11-14)33-23-17(12-29-33)22(16-8-9-16)31-32(24(23)35)13-21(34)30-19-6-4-3-5-18(19)25(26,27)28/h3-7,10-12,16H,8-9,13H2,1-2H3,(H,30,34). The summed E-state index contributed by atoms with van der Waals surface area (Å²) in [5.74, 6) is -0.634. The summed E-state index contributed by atoms with van der Waals surface area (Å²) in [6.07, 6.45) is -1.21. The lowest BCUT2D eigenvalue weighted by Crippen LogP contribution is -2.32. The van der Waals surface area contributed by atoms with Gasteiger partial charge in [0.05, 0.1) is 28.8 Å². The van der Waals surface area contributed by atoms with Gasteiger partial charge in [-0.25, -0.2) is 9.36 Å². The summed E-state index contributed by atoms with van der Waals surface area (Å²) < 4.78 is 42.5. The number of rotatable bonds is 5. The zero-order chi connectivity index (χ0) is 24.9. The van der Waals surface area contributed by atoms with E-state index in [0.29, 0.717) is 11.1 Å². The minimum absolute atomic E-state index is 0.148. The molecule has 35 heavy (non-hydrogen) atoms. The highest BCUT2D eigenvalue weighted by Crippen LogP contribution is 2.41. The van der Waals surface area contributed by atoms with Crippen molar-refractivity contribution in [2.24, 2.45) is 0 Å². The van der Waals surface area contributed by atoms with Gasteiger partial charge in [-0.3, -0.25) is 9.59 Å². The van der Waals surface area contributed by atoms with E-state index in [4.69, 9.17) is 0 Å². The van der Waals surface area contributed by atoms with Gasteiger partial charge in [0.25, 0.3) is 5.56 Å². The lowest BCUT2D eigenvalue weighted by atomic mass is 10.1. The van der Waals surface area contributed by atoms with Gasteiger partial charge in [-0.15, -0.1) is 0 Å². The molecule has 0 bridgehead atoms. The molecule has 0 unspecified atom stereocenters. The number of benzene rings is 2. The lowest BCUT2D eigenvalue weighted by molar-refractivity contribution is -0.137. The van der Waals surface area contributed by atoms with Crippen LogP contribution in [-0.2, 0) is 17.5 Å². The van der Waals surface area contributed by atoms with Gasteiger partial charge in [-0.1, -0.05) is 29.8 Å². The summed E-state index contributed by atoms with van der Waals surface area (Å²) in [6.45, 7) is 3.36. The topological polar surface area (TPSA) is 81.8 Å². The van der Waals surface area contributed by atoms with Crippen LogP contribution < -0.4 is 10.9 Å². The third-order valence-corrected chi connectivity index (χ3v) is 6.06. The van der Waals surface area contributed by atoms with Crippen LogP contribution >= 0.6 is 0 Å². The van der Waals surface area contributed by atoms with Crippen molar-refractivity contribution in [3.63, 3.8) is 0 Å². The fraction of sp³-hybridized carbons (Fsp3) is 0.280. The van der Waals surface area contributed by atoms with Crippen LogP contribution in [0.3, 0.4) is 0 Å². The summed E-state index contributed by atoms with van der Waals surface area (Å²) in [4.78, 5) is 26.2. The number of aryl methyl sites for hydroxylation is 2. The first-order valence-electron chi connectivity index (χ1n) is 11.2. The van der Waals surface area contributed by atoms with Gasteiger partial charge in [0.1, 0.15) is 12.1 Å². The van der Waals surface area contributed by atoms with Crippen molar-refractivity contribution in [3.8, 4) is 5.69 Å². The molecule has 1 N–H and O–H groups in total. The third kappa shape index (κ3) is 4.31. The normalized spacial score (nSPS) is 13.9. The van der Waals surface area contributed by atoms with E-state index in [0.717, 1.165) is 40.4 Å². The molecule has 7 nitrogen and oxygen atoms in total.